The van der Waals surface area contributed by atoms with Gasteiger partial charge in [0.2, 0.25) is 0 Å². The number of methoxy groups -OCH3 is 1. The van der Waals surface area contributed by atoms with E-state index < -0.39 is 17.7 Å². The first-order valence-electron chi connectivity index (χ1n) is 11.9. The number of amides is 1. The molecule has 1 amide bonds. The Morgan fingerprint density at radius 2 is 1.61 bits per heavy atom. The maximum atomic E-state index is 13.4. The largest absolute Gasteiger partial charge is 0.507 e. The summed E-state index contributed by atoms with van der Waals surface area (Å²) in [5.74, 6) is -0.948. The smallest absolute Gasteiger partial charge is 0.300 e. The number of halogens is 1. The van der Waals surface area contributed by atoms with E-state index >= 15 is 0 Å². The van der Waals surface area contributed by atoms with Gasteiger partial charge in [-0.3, -0.25) is 14.5 Å². The van der Waals surface area contributed by atoms with Crippen molar-refractivity contribution in [3.05, 3.63) is 130 Å². The quantitative estimate of drug-likeness (QED) is 0.168. The molecule has 0 radical (unpaired) electrons. The number of para-hydroxylation sites is 1. The van der Waals surface area contributed by atoms with Crippen LogP contribution in [0.25, 0.3) is 5.76 Å². The highest BCUT2D eigenvalue weighted by Gasteiger charge is 2.47. The highest BCUT2D eigenvalue weighted by Crippen LogP contribution is 2.43. The number of ether oxygens (including phenoxy) is 2. The van der Waals surface area contributed by atoms with E-state index in [1.54, 1.807) is 54.6 Å². The number of Topliss-reactive ketones (excluding diaryl/α,β-unsaturated/α-hetero) is 1. The minimum atomic E-state index is -0.889. The molecule has 1 saturated heterocycles. The molecule has 6 nitrogen and oxygen atoms in total. The van der Waals surface area contributed by atoms with E-state index in [9.17, 15) is 14.7 Å². The number of benzene rings is 4. The van der Waals surface area contributed by atoms with Crippen molar-refractivity contribution < 1.29 is 24.2 Å². The van der Waals surface area contributed by atoms with Gasteiger partial charge in [0.05, 0.1) is 23.7 Å². The van der Waals surface area contributed by atoms with Crippen molar-refractivity contribution in [2.75, 3.05) is 12.0 Å². The van der Waals surface area contributed by atoms with E-state index in [-0.39, 0.29) is 11.3 Å². The maximum Gasteiger partial charge on any atom is 0.300 e. The van der Waals surface area contributed by atoms with Crippen LogP contribution in [-0.2, 0) is 16.2 Å². The second kappa shape index (κ2) is 10.8. The zero-order valence-corrected chi connectivity index (χ0v) is 21.3. The van der Waals surface area contributed by atoms with Gasteiger partial charge in [-0.25, -0.2) is 0 Å². The lowest BCUT2D eigenvalue weighted by Crippen LogP contribution is -2.29. The van der Waals surface area contributed by atoms with Crippen molar-refractivity contribution in [1.82, 2.24) is 0 Å². The molecule has 0 aromatic heterocycles. The van der Waals surface area contributed by atoms with Gasteiger partial charge in [0.15, 0.2) is 0 Å². The molecule has 1 aliphatic rings. The number of nitrogens with zero attached hydrogens (tertiary/aromatic N) is 1. The van der Waals surface area contributed by atoms with Crippen LogP contribution < -0.4 is 14.4 Å². The molecule has 1 atom stereocenters. The van der Waals surface area contributed by atoms with Gasteiger partial charge in [-0.2, -0.15) is 0 Å². The number of hydrogen-bond acceptors (Lipinski definition) is 5. The Hall–Kier alpha value is -4.55. The van der Waals surface area contributed by atoms with Gasteiger partial charge in [0, 0.05) is 11.3 Å². The molecule has 0 bridgehead atoms. The van der Waals surface area contributed by atoms with Gasteiger partial charge in [0.1, 0.15) is 23.9 Å². The van der Waals surface area contributed by atoms with Crippen LogP contribution >= 0.6 is 11.6 Å². The maximum absolute atomic E-state index is 13.4. The molecule has 1 aliphatic heterocycles. The van der Waals surface area contributed by atoms with Crippen LogP contribution in [0, 0.1) is 0 Å². The topological polar surface area (TPSA) is 76.1 Å². The Kier molecular flexibility index (Phi) is 7.15. The average molecular weight is 526 g/mol. The van der Waals surface area contributed by atoms with E-state index in [0.717, 1.165) is 5.56 Å². The number of aliphatic hydroxyl groups excluding tert-OH is 1. The average Bonchev–Trinajstić information content (AvgIpc) is 3.23. The molecule has 7 heteroatoms. The molecule has 1 fully saturated rings. The van der Waals surface area contributed by atoms with E-state index in [4.69, 9.17) is 21.1 Å². The van der Waals surface area contributed by atoms with Crippen LogP contribution in [0.1, 0.15) is 22.7 Å². The molecule has 190 valence electrons. The highest BCUT2D eigenvalue weighted by molar-refractivity contribution is 6.51. The Bertz CT molecular complexity index is 1520. The molecule has 5 rings (SSSR count). The Labute approximate surface area is 225 Å². The minimum Gasteiger partial charge on any atom is -0.507 e. The van der Waals surface area contributed by atoms with Gasteiger partial charge in [-0.1, -0.05) is 72.3 Å². The number of aliphatic hydroxyl groups is 1. The number of carbonyl (C=O) groups excluding carboxylic acids is 2. The molecule has 0 aliphatic carbocycles. The van der Waals surface area contributed by atoms with Crippen molar-refractivity contribution in [3.8, 4) is 11.5 Å². The van der Waals surface area contributed by atoms with Gasteiger partial charge in [0.25, 0.3) is 11.7 Å². The summed E-state index contributed by atoms with van der Waals surface area (Å²) in [5.41, 5.74) is 2.41. The van der Waals surface area contributed by atoms with E-state index in [1.165, 1.54) is 18.1 Å². The van der Waals surface area contributed by atoms with Gasteiger partial charge in [-0.05, 0) is 53.6 Å². The zero-order valence-electron chi connectivity index (χ0n) is 20.5. The Morgan fingerprint density at radius 3 is 2.32 bits per heavy atom. The molecule has 0 spiro atoms. The highest BCUT2D eigenvalue weighted by atomic mass is 35.5. The summed E-state index contributed by atoms with van der Waals surface area (Å²) < 4.78 is 11.3. The molecule has 1 N–H and O–H groups in total. The first-order valence-corrected chi connectivity index (χ1v) is 12.3. The molecular formula is C31H24ClNO5. The van der Waals surface area contributed by atoms with Gasteiger partial charge < -0.3 is 14.6 Å². The lowest BCUT2D eigenvalue weighted by molar-refractivity contribution is -0.132. The summed E-state index contributed by atoms with van der Waals surface area (Å²) in [6, 6.07) is 29.6. The van der Waals surface area contributed by atoms with Crippen LogP contribution in [0.5, 0.6) is 11.5 Å². The summed E-state index contributed by atoms with van der Waals surface area (Å²) in [7, 11) is 1.46. The third-order valence-corrected chi connectivity index (χ3v) is 6.64. The third-order valence-electron chi connectivity index (χ3n) is 6.33. The lowest BCUT2D eigenvalue weighted by atomic mass is 9.95. The second-order valence-electron chi connectivity index (χ2n) is 8.70. The van der Waals surface area contributed by atoms with Crippen molar-refractivity contribution in [2.24, 2.45) is 0 Å². The molecular weight excluding hydrogens is 502 g/mol. The monoisotopic (exact) mass is 525 g/mol. The van der Waals surface area contributed by atoms with Gasteiger partial charge in [-0.15, -0.1) is 0 Å². The second-order valence-corrected chi connectivity index (χ2v) is 9.11. The number of ketones is 1. The fourth-order valence-corrected chi connectivity index (χ4v) is 4.68. The first kappa shape index (κ1) is 25.1. The van der Waals surface area contributed by atoms with Crippen molar-refractivity contribution in [2.45, 2.75) is 12.6 Å². The zero-order chi connectivity index (χ0) is 26.6. The fraction of sp³-hybridized carbons (Fsp3) is 0.0968. The summed E-state index contributed by atoms with van der Waals surface area (Å²) in [5, 5.41) is 11.7. The van der Waals surface area contributed by atoms with Crippen molar-refractivity contribution >= 4 is 34.7 Å². The SMILES string of the molecule is COc1cc(/C(O)=C2/C(=O)C(=O)N(c3ccccc3)C2c2cccc(OCc3ccccc3)c2)ccc1Cl. The summed E-state index contributed by atoms with van der Waals surface area (Å²) >= 11 is 6.17. The molecule has 1 unspecified atom stereocenters. The molecule has 4 aromatic carbocycles. The van der Waals surface area contributed by atoms with Crippen LogP contribution in [0.3, 0.4) is 0 Å². The Morgan fingerprint density at radius 1 is 0.895 bits per heavy atom. The fourth-order valence-electron chi connectivity index (χ4n) is 4.48. The van der Waals surface area contributed by atoms with E-state index in [0.29, 0.717) is 39.9 Å². The number of rotatable bonds is 7. The standard InChI is InChI=1S/C31H24ClNO5/c1-37-26-18-22(15-16-25(26)32)29(34)27-28(33(31(36)30(27)35)23-12-6-3-7-13-23)21-11-8-14-24(17-21)38-19-20-9-4-2-5-10-20/h2-18,28,34H,19H2,1H3/b29-27-. The molecule has 38 heavy (non-hydrogen) atoms. The Balaban J connectivity index is 1.61. The number of carbonyl (C=O) groups is 2. The lowest BCUT2D eigenvalue weighted by Gasteiger charge is -2.25. The molecule has 0 saturated carbocycles. The number of anilines is 1. The molecule has 4 aromatic rings. The van der Waals surface area contributed by atoms with Crippen LogP contribution in [-0.4, -0.2) is 23.9 Å². The van der Waals surface area contributed by atoms with Crippen molar-refractivity contribution in [3.63, 3.8) is 0 Å². The third kappa shape index (κ3) is 4.86. The van der Waals surface area contributed by atoms with Gasteiger partial charge >= 0.3 is 0 Å². The summed E-state index contributed by atoms with van der Waals surface area (Å²) in [6.45, 7) is 0.355. The molecule has 1 heterocycles. The predicted molar refractivity (Wildman–Crippen MR) is 146 cm³/mol. The van der Waals surface area contributed by atoms with Crippen molar-refractivity contribution in [1.29, 1.82) is 0 Å². The first-order chi connectivity index (χ1) is 18.5. The van der Waals surface area contributed by atoms with E-state index in [2.05, 4.69) is 0 Å². The summed E-state index contributed by atoms with van der Waals surface area (Å²) in [6.07, 6.45) is 0. The van der Waals surface area contributed by atoms with E-state index in [1.807, 2.05) is 42.5 Å². The van der Waals surface area contributed by atoms with Crippen LogP contribution in [0.15, 0.2) is 109 Å². The predicted octanol–water partition coefficient (Wildman–Crippen LogP) is 6.55. The minimum absolute atomic E-state index is 0.0385. The summed E-state index contributed by atoms with van der Waals surface area (Å²) in [4.78, 5) is 28.2. The van der Waals surface area contributed by atoms with Crippen LogP contribution in [0.4, 0.5) is 5.69 Å². The van der Waals surface area contributed by atoms with Crippen LogP contribution in [0.2, 0.25) is 5.02 Å². The number of hydrogen-bond donors (Lipinski definition) is 1. The normalized spacial score (nSPS) is 16.5.